The van der Waals surface area contributed by atoms with Gasteiger partial charge in [0.2, 0.25) is 5.88 Å². The van der Waals surface area contributed by atoms with Crippen LogP contribution in [0.25, 0.3) is 5.65 Å². The lowest BCUT2D eigenvalue weighted by molar-refractivity contribution is 0.0699. The van der Waals surface area contributed by atoms with Gasteiger partial charge in [-0.05, 0) is 19.4 Å². The monoisotopic (exact) mass is 297 g/mol. The van der Waals surface area contributed by atoms with E-state index in [1.165, 1.54) is 10.7 Å². The van der Waals surface area contributed by atoms with Crippen LogP contribution >= 0.6 is 0 Å². The Balaban J connectivity index is 2.10. The summed E-state index contributed by atoms with van der Waals surface area (Å²) in [5.74, 6) is -1.19. The number of fused-ring (bicyclic) bond motifs is 1. The van der Waals surface area contributed by atoms with Crippen LogP contribution in [0.3, 0.4) is 0 Å². The van der Waals surface area contributed by atoms with Crippen LogP contribution in [0.1, 0.15) is 32.7 Å². The molecule has 1 aromatic carbocycles. The first-order valence-electron chi connectivity index (χ1n) is 6.82. The lowest BCUT2D eigenvalue weighted by Gasteiger charge is -2.10. The van der Waals surface area contributed by atoms with Gasteiger partial charge < -0.3 is 10.2 Å². The molecule has 0 saturated heterocycles. The fraction of sp³-hybridized carbons (Fsp3) is 0.188. The molecule has 0 aliphatic rings. The van der Waals surface area contributed by atoms with E-state index < -0.39 is 5.97 Å². The predicted octanol–water partition coefficient (Wildman–Crippen LogP) is 2.34. The summed E-state index contributed by atoms with van der Waals surface area (Å²) in [6.45, 7) is 3.76. The maximum atomic E-state index is 11.1. The number of aromatic nitrogens is 3. The minimum atomic E-state index is -1.12. The summed E-state index contributed by atoms with van der Waals surface area (Å²) in [6, 6.07) is 7.99. The number of nitrogens with zero attached hydrogens (tertiary/aromatic N) is 3. The average molecular weight is 297 g/mol. The second-order valence-corrected chi connectivity index (χ2v) is 5.26. The van der Waals surface area contributed by atoms with Gasteiger partial charge in [0.1, 0.15) is 5.56 Å². The normalized spacial score (nSPS) is 11.0. The van der Waals surface area contributed by atoms with Gasteiger partial charge in [0.05, 0.1) is 6.20 Å². The Morgan fingerprint density at radius 2 is 1.91 bits per heavy atom. The largest absolute Gasteiger partial charge is 0.493 e. The van der Waals surface area contributed by atoms with E-state index in [2.05, 4.69) is 10.1 Å². The Morgan fingerprint density at radius 1 is 1.23 bits per heavy atom. The molecule has 2 aromatic heterocycles. The lowest BCUT2D eigenvalue weighted by atomic mass is 10.0. The third-order valence-electron chi connectivity index (χ3n) is 3.66. The summed E-state index contributed by atoms with van der Waals surface area (Å²) >= 11 is 0. The van der Waals surface area contributed by atoms with E-state index >= 15 is 0 Å². The predicted molar refractivity (Wildman–Crippen MR) is 80.3 cm³/mol. The fourth-order valence-corrected chi connectivity index (χ4v) is 2.39. The highest BCUT2D eigenvalue weighted by atomic mass is 16.4. The van der Waals surface area contributed by atoms with Gasteiger partial charge in [-0.25, -0.2) is 9.78 Å². The molecule has 0 unspecified atom stereocenters. The Morgan fingerprint density at radius 3 is 2.55 bits per heavy atom. The molecule has 0 atom stereocenters. The number of aromatic carboxylic acids is 1. The number of aromatic hydroxyl groups is 1. The van der Waals surface area contributed by atoms with Crippen molar-refractivity contribution >= 4 is 11.6 Å². The van der Waals surface area contributed by atoms with Crippen LogP contribution in [-0.2, 0) is 6.42 Å². The molecule has 6 nitrogen and oxygen atoms in total. The summed E-state index contributed by atoms with van der Waals surface area (Å²) in [7, 11) is 0. The fourth-order valence-electron chi connectivity index (χ4n) is 2.39. The van der Waals surface area contributed by atoms with Gasteiger partial charge in [0, 0.05) is 17.7 Å². The maximum absolute atomic E-state index is 11.1. The molecule has 0 aliphatic carbocycles. The number of rotatable bonds is 3. The molecule has 3 rings (SSSR count). The minimum absolute atomic E-state index is 0.0275. The first-order chi connectivity index (χ1) is 10.5. The molecule has 0 fully saturated rings. The third kappa shape index (κ3) is 2.28. The number of carboxylic acids is 1. The molecule has 6 heteroatoms. The van der Waals surface area contributed by atoms with Crippen molar-refractivity contribution in [3.8, 4) is 5.88 Å². The smallest absolute Gasteiger partial charge is 0.341 e. The first kappa shape index (κ1) is 14.1. The van der Waals surface area contributed by atoms with Crippen molar-refractivity contribution in [2.45, 2.75) is 20.3 Å². The zero-order valence-electron chi connectivity index (χ0n) is 12.2. The SMILES string of the molecule is Cc1ccc(Cc2c(C)nc3c(C(=O)O)cnn3c2O)cc1. The Bertz CT molecular complexity index is 866. The van der Waals surface area contributed by atoms with Crippen LogP contribution in [0.15, 0.2) is 30.5 Å². The van der Waals surface area contributed by atoms with Crippen LogP contribution in [-0.4, -0.2) is 30.8 Å². The second-order valence-electron chi connectivity index (χ2n) is 5.26. The molecule has 0 amide bonds. The summed E-state index contributed by atoms with van der Waals surface area (Å²) in [5.41, 5.74) is 3.55. The average Bonchev–Trinajstić information content (AvgIpc) is 2.89. The van der Waals surface area contributed by atoms with Gasteiger partial charge >= 0.3 is 5.97 Å². The number of aryl methyl sites for hydroxylation is 2. The lowest BCUT2D eigenvalue weighted by Crippen LogP contribution is -2.04. The van der Waals surface area contributed by atoms with E-state index in [4.69, 9.17) is 5.11 Å². The molecule has 2 heterocycles. The zero-order chi connectivity index (χ0) is 15.9. The second kappa shape index (κ2) is 5.14. The van der Waals surface area contributed by atoms with Crippen molar-refractivity contribution in [2.75, 3.05) is 0 Å². The molecule has 0 spiro atoms. The topological polar surface area (TPSA) is 87.7 Å². The molecule has 3 aromatic rings. The molecule has 0 bridgehead atoms. The Labute approximate surface area is 126 Å². The molecule has 0 radical (unpaired) electrons. The van der Waals surface area contributed by atoms with Gasteiger partial charge in [-0.3, -0.25) is 0 Å². The molecule has 0 aliphatic heterocycles. The van der Waals surface area contributed by atoms with Crippen LogP contribution in [0.4, 0.5) is 0 Å². The minimum Gasteiger partial charge on any atom is -0.493 e. The molecule has 22 heavy (non-hydrogen) atoms. The van der Waals surface area contributed by atoms with E-state index in [0.29, 0.717) is 17.7 Å². The Hall–Kier alpha value is -2.89. The van der Waals surface area contributed by atoms with Crippen molar-refractivity contribution in [2.24, 2.45) is 0 Å². The van der Waals surface area contributed by atoms with Crippen molar-refractivity contribution in [3.63, 3.8) is 0 Å². The summed E-state index contributed by atoms with van der Waals surface area (Å²) in [6.07, 6.45) is 1.70. The molecule has 0 saturated carbocycles. The third-order valence-corrected chi connectivity index (χ3v) is 3.66. The maximum Gasteiger partial charge on any atom is 0.341 e. The molecule has 112 valence electrons. The van der Waals surface area contributed by atoms with Gasteiger partial charge in [-0.2, -0.15) is 9.61 Å². The van der Waals surface area contributed by atoms with Crippen molar-refractivity contribution in [3.05, 3.63) is 58.4 Å². The quantitative estimate of drug-likeness (QED) is 0.774. The zero-order valence-corrected chi connectivity index (χ0v) is 12.2. The van der Waals surface area contributed by atoms with Gasteiger partial charge in [0.15, 0.2) is 5.65 Å². The van der Waals surface area contributed by atoms with Gasteiger partial charge in [-0.1, -0.05) is 29.8 Å². The van der Waals surface area contributed by atoms with Gasteiger partial charge in [-0.15, -0.1) is 0 Å². The number of carboxylic acid groups (broad SMARTS) is 1. The van der Waals surface area contributed by atoms with E-state index in [1.54, 1.807) is 6.92 Å². The number of hydrogen-bond donors (Lipinski definition) is 2. The van der Waals surface area contributed by atoms with Crippen molar-refractivity contribution < 1.29 is 15.0 Å². The van der Waals surface area contributed by atoms with E-state index in [0.717, 1.165) is 11.1 Å². The standard InChI is InChI=1S/C16H15N3O3/c1-9-3-5-11(6-4-9)7-12-10(2)18-14-13(16(21)22)8-17-19(14)15(12)20/h3-6,8,20H,7H2,1-2H3,(H,21,22). The van der Waals surface area contributed by atoms with Crippen LogP contribution in [0, 0.1) is 13.8 Å². The molecular formula is C16H15N3O3. The Kier molecular flexibility index (Phi) is 3.29. The van der Waals surface area contributed by atoms with Gasteiger partial charge in [0.25, 0.3) is 0 Å². The molecular weight excluding hydrogens is 282 g/mol. The number of carbonyl (C=O) groups is 1. The summed E-state index contributed by atoms with van der Waals surface area (Å²) < 4.78 is 1.17. The summed E-state index contributed by atoms with van der Waals surface area (Å²) in [5, 5.41) is 23.4. The van der Waals surface area contributed by atoms with Crippen LogP contribution < -0.4 is 0 Å². The number of benzene rings is 1. The van der Waals surface area contributed by atoms with Crippen LogP contribution in [0.2, 0.25) is 0 Å². The summed E-state index contributed by atoms with van der Waals surface area (Å²) in [4.78, 5) is 15.4. The van der Waals surface area contributed by atoms with Crippen molar-refractivity contribution in [1.82, 2.24) is 14.6 Å². The number of hydrogen-bond acceptors (Lipinski definition) is 4. The highest BCUT2D eigenvalue weighted by molar-refractivity contribution is 5.94. The van der Waals surface area contributed by atoms with E-state index in [9.17, 15) is 9.90 Å². The first-order valence-corrected chi connectivity index (χ1v) is 6.82. The van der Waals surface area contributed by atoms with Crippen molar-refractivity contribution in [1.29, 1.82) is 0 Å². The highest BCUT2D eigenvalue weighted by Gasteiger charge is 2.19. The van der Waals surface area contributed by atoms with E-state index in [-0.39, 0.29) is 17.1 Å². The molecule has 2 N–H and O–H groups in total. The van der Waals surface area contributed by atoms with E-state index in [1.807, 2.05) is 31.2 Å². The van der Waals surface area contributed by atoms with Crippen LogP contribution in [0.5, 0.6) is 5.88 Å². The highest BCUT2D eigenvalue weighted by Crippen LogP contribution is 2.25.